The van der Waals surface area contributed by atoms with Crippen LogP contribution in [0, 0.1) is 0 Å². The van der Waals surface area contributed by atoms with Gasteiger partial charge < -0.3 is 16.2 Å². The SMILES string of the molecule is NCc1ccnc(NC(CO)Cc2ccccc2)c1. The number of hydrogen-bond acceptors (Lipinski definition) is 4. The van der Waals surface area contributed by atoms with E-state index >= 15 is 0 Å². The second-order valence-electron chi connectivity index (χ2n) is 4.47. The lowest BCUT2D eigenvalue weighted by atomic mass is 10.1. The van der Waals surface area contributed by atoms with Gasteiger partial charge in [0.2, 0.25) is 0 Å². The minimum Gasteiger partial charge on any atom is -0.394 e. The maximum absolute atomic E-state index is 9.46. The van der Waals surface area contributed by atoms with Crippen molar-refractivity contribution in [3.8, 4) is 0 Å². The first-order chi connectivity index (χ1) is 9.31. The molecule has 0 fully saturated rings. The minimum absolute atomic E-state index is 0.0528. The molecule has 1 atom stereocenters. The molecule has 4 nitrogen and oxygen atoms in total. The van der Waals surface area contributed by atoms with Gasteiger partial charge in [0.1, 0.15) is 5.82 Å². The molecule has 0 radical (unpaired) electrons. The summed E-state index contributed by atoms with van der Waals surface area (Å²) in [5, 5.41) is 12.7. The summed E-state index contributed by atoms with van der Waals surface area (Å²) in [5.74, 6) is 0.748. The summed E-state index contributed by atoms with van der Waals surface area (Å²) in [6.07, 6.45) is 2.48. The molecule has 0 saturated heterocycles. The third-order valence-corrected chi connectivity index (χ3v) is 2.96. The predicted molar refractivity (Wildman–Crippen MR) is 76.8 cm³/mol. The molecule has 0 aliphatic rings. The molecule has 4 heteroatoms. The summed E-state index contributed by atoms with van der Waals surface area (Å²) in [6, 6.07) is 13.8. The summed E-state index contributed by atoms with van der Waals surface area (Å²) in [6.45, 7) is 0.545. The summed E-state index contributed by atoms with van der Waals surface area (Å²) in [5.41, 5.74) is 7.81. The van der Waals surface area contributed by atoms with E-state index in [2.05, 4.69) is 10.3 Å². The van der Waals surface area contributed by atoms with Crippen LogP contribution < -0.4 is 11.1 Å². The molecule has 2 aromatic rings. The van der Waals surface area contributed by atoms with Crippen LogP contribution in [0.25, 0.3) is 0 Å². The zero-order valence-electron chi connectivity index (χ0n) is 10.8. The molecule has 1 unspecified atom stereocenters. The Balaban J connectivity index is 2.02. The van der Waals surface area contributed by atoms with E-state index in [9.17, 15) is 5.11 Å². The van der Waals surface area contributed by atoms with Crippen LogP contribution >= 0.6 is 0 Å². The van der Waals surface area contributed by atoms with Gasteiger partial charge in [-0.3, -0.25) is 0 Å². The van der Waals surface area contributed by atoms with Crippen molar-refractivity contribution in [3.05, 3.63) is 59.8 Å². The van der Waals surface area contributed by atoms with Gasteiger partial charge in [0.25, 0.3) is 0 Å². The largest absolute Gasteiger partial charge is 0.394 e. The highest BCUT2D eigenvalue weighted by Crippen LogP contribution is 2.10. The van der Waals surface area contributed by atoms with E-state index in [-0.39, 0.29) is 12.6 Å². The number of rotatable bonds is 6. The Morgan fingerprint density at radius 3 is 2.63 bits per heavy atom. The van der Waals surface area contributed by atoms with Crippen LogP contribution in [0.2, 0.25) is 0 Å². The van der Waals surface area contributed by atoms with Gasteiger partial charge in [0.05, 0.1) is 12.6 Å². The smallest absolute Gasteiger partial charge is 0.126 e. The average Bonchev–Trinajstić information content (AvgIpc) is 2.48. The van der Waals surface area contributed by atoms with E-state index in [1.165, 1.54) is 5.56 Å². The normalized spacial score (nSPS) is 12.1. The summed E-state index contributed by atoms with van der Waals surface area (Å²) in [4.78, 5) is 4.24. The van der Waals surface area contributed by atoms with Crippen molar-refractivity contribution in [2.45, 2.75) is 19.0 Å². The fourth-order valence-electron chi connectivity index (χ4n) is 1.95. The molecule has 1 heterocycles. The summed E-state index contributed by atoms with van der Waals surface area (Å²) >= 11 is 0. The van der Waals surface area contributed by atoms with Gasteiger partial charge in [0.15, 0.2) is 0 Å². The molecule has 4 N–H and O–H groups in total. The third kappa shape index (κ3) is 4.05. The molecule has 0 aliphatic carbocycles. The average molecular weight is 257 g/mol. The minimum atomic E-state index is -0.0528. The number of anilines is 1. The number of hydrogen-bond donors (Lipinski definition) is 3. The highest BCUT2D eigenvalue weighted by molar-refractivity contribution is 5.39. The predicted octanol–water partition coefficient (Wildman–Crippen LogP) is 1.56. The van der Waals surface area contributed by atoms with Crippen LogP contribution in [-0.4, -0.2) is 22.7 Å². The van der Waals surface area contributed by atoms with Gasteiger partial charge in [-0.25, -0.2) is 4.98 Å². The zero-order valence-corrected chi connectivity index (χ0v) is 10.8. The van der Waals surface area contributed by atoms with Crippen LogP contribution in [0.3, 0.4) is 0 Å². The van der Waals surface area contributed by atoms with Crippen LogP contribution in [0.15, 0.2) is 48.7 Å². The van der Waals surface area contributed by atoms with Gasteiger partial charge >= 0.3 is 0 Å². The van der Waals surface area contributed by atoms with Crippen LogP contribution in [0.4, 0.5) is 5.82 Å². The number of nitrogens with one attached hydrogen (secondary N) is 1. The monoisotopic (exact) mass is 257 g/mol. The van der Waals surface area contributed by atoms with Gasteiger partial charge in [-0.05, 0) is 29.7 Å². The van der Waals surface area contributed by atoms with Crippen LogP contribution in [0.5, 0.6) is 0 Å². The van der Waals surface area contributed by atoms with Crippen LogP contribution in [-0.2, 0) is 13.0 Å². The van der Waals surface area contributed by atoms with E-state index in [0.29, 0.717) is 6.54 Å². The molecule has 2 rings (SSSR count). The Morgan fingerprint density at radius 1 is 1.16 bits per heavy atom. The lowest BCUT2D eigenvalue weighted by molar-refractivity contribution is 0.273. The fraction of sp³-hybridized carbons (Fsp3) is 0.267. The maximum Gasteiger partial charge on any atom is 0.126 e. The lowest BCUT2D eigenvalue weighted by Crippen LogP contribution is -2.26. The van der Waals surface area contributed by atoms with E-state index in [4.69, 9.17) is 5.73 Å². The molecule has 100 valence electrons. The Labute approximate surface area is 113 Å². The van der Waals surface area contributed by atoms with E-state index in [0.717, 1.165) is 17.8 Å². The Bertz CT molecular complexity index is 502. The number of benzene rings is 1. The van der Waals surface area contributed by atoms with E-state index in [1.54, 1.807) is 6.20 Å². The zero-order chi connectivity index (χ0) is 13.5. The second kappa shape index (κ2) is 6.87. The molecule has 0 amide bonds. The molecular weight excluding hydrogens is 238 g/mol. The second-order valence-corrected chi connectivity index (χ2v) is 4.47. The van der Waals surface area contributed by atoms with Crippen molar-refractivity contribution in [3.63, 3.8) is 0 Å². The first-order valence-electron chi connectivity index (χ1n) is 6.38. The van der Waals surface area contributed by atoms with Crippen molar-refractivity contribution >= 4 is 5.82 Å². The first kappa shape index (κ1) is 13.5. The van der Waals surface area contributed by atoms with Gasteiger partial charge in [-0.2, -0.15) is 0 Å². The number of aromatic nitrogens is 1. The number of nitrogens with zero attached hydrogens (tertiary/aromatic N) is 1. The van der Waals surface area contributed by atoms with Crippen LogP contribution in [0.1, 0.15) is 11.1 Å². The maximum atomic E-state index is 9.46. The Hall–Kier alpha value is -1.91. The van der Waals surface area contributed by atoms with E-state index < -0.39 is 0 Å². The molecule has 0 bridgehead atoms. The van der Waals surface area contributed by atoms with Crippen molar-refractivity contribution in [1.82, 2.24) is 4.98 Å². The van der Waals surface area contributed by atoms with Gasteiger partial charge in [-0.1, -0.05) is 30.3 Å². The molecule has 1 aromatic carbocycles. The lowest BCUT2D eigenvalue weighted by Gasteiger charge is -2.17. The molecule has 0 aliphatic heterocycles. The Kier molecular flexibility index (Phi) is 4.89. The number of aliphatic hydroxyl groups is 1. The fourth-order valence-corrected chi connectivity index (χ4v) is 1.95. The number of aliphatic hydroxyl groups excluding tert-OH is 1. The molecule has 1 aromatic heterocycles. The van der Waals surface area contributed by atoms with Gasteiger partial charge in [0, 0.05) is 12.7 Å². The Morgan fingerprint density at radius 2 is 1.95 bits per heavy atom. The van der Waals surface area contributed by atoms with Crippen molar-refractivity contribution in [2.75, 3.05) is 11.9 Å². The summed E-state index contributed by atoms with van der Waals surface area (Å²) < 4.78 is 0. The van der Waals surface area contributed by atoms with Gasteiger partial charge in [-0.15, -0.1) is 0 Å². The number of pyridine rings is 1. The molecule has 19 heavy (non-hydrogen) atoms. The van der Waals surface area contributed by atoms with Crippen molar-refractivity contribution in [2.24, 2.45) is 5.73 Å². The molecular formula is C15H19N3O. The third-order valence-electron chi connectivity index (χ3n) is 2.96. The standard InChI is InChI=1S/C15H19N3O/c16-10-13-6-7-17-15(9-13)18-14(11-19)8-12-4-2-1-3-5-12/h1-7,9,14,19H,8,10-11,16H2,(H,17,18). The highest BCUT2D eigenvalue weighted by atomic mass is 16.3. The molecule has 0 saturated carbocycles. The van der Waals surface area contributed by atoms with Crippen molar-refractivity contribution in [1.29, 1.82) is 0 Å². The highest BCUT2D eigenvalue weighted by Gasteiger charge is 2.09. The molecule has 0 spiro atoms. The summed E-state index contributed by atoms with van der Waals surface area (Å²) in [7, 11) is 0. The van der Waals surface area contributed by atoms with E-state index in [1.807, 2.05) is 42.5 Å². The quantitative estimate of drug-likeness (QED) is 0.734. The first-order valence-corrected chi connectivity index (χ1v) is 6.38. The topological polar surface area (TPSA) is 71.2 Å². The van der Waals surface area contributed by atoms with Crippen molar-refractivity contribution < 1.29 is 5.11 Å². The number of nitrogens with two attached hydrogens (primary N) is 1.